The molecule has 0 heterocycles. The fourth-order valence-electron chi connectivity index (χ4n) is 0.935. The molecule has 0 atom stereocenters. The van der Waals surface area contributed by atoms with Gasteiger partial charge in [-0.2, -0.15) is 0 Å². The van der Waals surface area contributed by atoms with Crippen LogP contribution in [0.25, 0.3) is 0 Å². The first-order valence-electron chi connectivity index (χ1n) is 4.37. The quantitative estimate of drug-likeness (QED) is 0.641. The van der Waals surface area contributed by atoms with E-state index in [0.29, 0.717) is 0 Å². The highest BCUT2D eigenvalue weighted by atomic mass is 31.2. The van der Waals surface area contributed by atoms with E-state index in [1.54, 1.807) is 0 Å². The molecule has 0 aromatic carbocycles. The zero-order valence-electron chi connectivity index (χ0n) is 8.76. The topological polar surface area (TPSA) is 89.9 Å². The van der Waals surface area contributed by atoms with Gasteiger partial charge in [0.1, 0.15) is 11.9 Å². The molecule has 0 saturated heterocycles. The largest absolute Gasteiger partial charge is 0.481 e. The third-order valence-corrected chi connectivity index (χ3v) is 3.63. The molecule has 0 radical (unpaired) electrons. The summed E-state index contributed by atoms with van der Waals surface area (Å²) < 4.78 is 20.6. The molecule has 0 aliphatic rings. The van der Waals surface area contributed by atoms with Crippen LogP contribution < -0.4 is 0 Å². The van der Waals surface area contributed by atoms with Crippen molar-refractivity contribution in [2.75, 3.05) is 20.4 Å². The molecule has 15 heavy (non-hydrogen) atoms. The molecule has 0 aliphatic heterocycles. The van der Waals surface area contributed by atoms with Crippen LogP contribution in [0.3, 0.4) is 0 Å². The van der Waals surface area contributed by atoms with E-state index in [1.165, 1.54) is 14.2 Å². The molecule has 88 valence electrons. The van der Waals surface area contributed by atoms with E-state index in [0.717, 1.165) is 0 Å². The van der Waals surface area contributed by atoms with Crippen molar-refractivity contribution >= 4 is 19.3 Å². The normalized spacial score (nSPS) is 11.3. The fraction of sp³-hybridized carbons (Fsp3) is 0.750. The summed E-state index contributed by atoms with van der Waals surface area (Å²) in [5.74, 6) is -1.27. The Kier molecular flexibility index (Phi) is 6.40. The van der Waals surface area contributed by atoms with E-state index in [9.17, 15) is 14.2 Å². The molecule has 0 rings (SSSR count). The highest BCUT2D eigenvalue weighted by Crippen LogP contribution is 2.46. The van der Waals surface area contributed by atoms with Crippen LogP contribution in [0.4, 0.5) is 0 Å². The lowest BCUT2D eigenvalue weighted by atomic mass is 10.2. The van der Waals surface area contributed by atoms with E-state index < -0.39 is 13.6 Å². The van der Waals surface area contributed by atoms with Crippen LogP contribution in [0.1, 0.15) is 19.3 Å². The average molecular weight is 238 g/mol. The molecule has 0 unspecified atom stereocenters. The Morgan fingerprint density at radius 1 is 1.20 bits per heavy atom. The van der Waals surface area contributed by atoms with Crippen LogP contribution in [0.15, 0.2) is 0 Å². The van der Waals surface area contributed by atoms with Crippen LogP contribution in [-0.2, 0) is 23.2 Å². The second-order valence-electron chi connectivity index (χ2n) is 2.92. The number of carbonyl (C=O) groups is 2. The van der Waals surface area contributed by atoms with Gasteiger partial charge in [-0.1, -0.05) is 0 Å². The van der Waals surface area contributed by atoms with E-state index in [-0.39, 0.29) is 31.2 Å². The van der Waals surface area contributed by atoms with Gasteiger partial charge in [0.25, 0.3) is 0 Å². The summed E-state index contributed by atoms with van der Waals surface area (Å²) >= 11 is 0. The van der Waals surface area contributed by atoms with Gasteiger partial charge in [-0.3, -0.25) is 14.2 Å². The first kappa shape index (κ1) is 14.3. The Morgan fingerprint density at radius 2 is 1.73 bits per heavy atom. The summed E-state index contributed by atoms with van der Waals surface area (Å²) in [5, 5.41) is 8.34. The molecule has 0 aliphatic carbocycles. The van der Waals surface area contributed by atoms with Gasteiger partial charge in [-0.05, 0) is 6.42 Å². The maximum atomic E-state index is 11.5. The second kappa shape index (κ2) is 6.71. The Bertz CT molecular complexity index is 266. The van der Waals surface area contributed by atoms with E-state index in [1.807, 2.05) is 0 Å². The van der Waals surface area contributed by atoms with Gasteiger partial charge in [0.05, 0.1) is 0 Å². The number of rotatable bonds is 8. The minimum atomic E-state index is -3.30. The predicted molar refractivity (Wildman–Crippen MR) is 53.0 cm³/mol. The lowest BCUT2D eigenvalue weighted by molar-refractivity contribution is -0.137. The van der Waals surface area contributed by atoms with Crippen LogP contribution in [0.5, 0.6) is 0 Å². The number of carbonyl (C=O) groups excluding carboxylic acids is 1. The van der Waals surface area contributed by atoms with Gasteiger partial charge in [0.2, 0.25) is 0 Å². The molecule has 7 heteroatoms. The molecule has 6 nitrogen and oxygen atoms in total. The van der Waals surface area contributed by atoms with Crippen molar-refractivity contribution in [3.63, 3.8) is 0 Å². The van der Waals surface area contributed by atoms with Crippen LogP contribution in [-0.4, -0.2) is 37.2 Å². The molecule has 0 amide bonds. The van der Waals surface area contributed by atoms with Crippen LogP contribution >= 0.6 is 7.60 Å². The standard InChI is InChI=1S/C8H15O6P/c1-13-15(12,14-2)6-7(9)4-3-5-8(10)11/h3-6H2,1-2H3,(H,10,11). The van der Waals surface area contributed by atoms with Gasteiger partial charge in [-0.25, -0.2) is 0 Å². The molecule has 1 N–H and O–H groups in total. The number of aliphatic carboxylic acids is 1. The smallest absolute Gasteiger partial charge is 0.337 e. The first-order valence-corrected chi connectivity index (χ1v) is 6.10. The van der Waals surface area contributed by atoms with Crippen molar-refractivity contribution in [1.82, 2.24) is 0 Å². The number of carboxylic acids is 1. The maximum Gasteiger partial charge on any atom is 0.337 e. The van der Waals surface area contributed by atoms with Gasteiger partial charge in [0.15, 0.2) is 0 Å². The molecule has 0 spiro atoms. The van der Waals surface area contributed by atoms with Crippen molar-refractivity contribution in [2.24, 2.45) is 0 Å². The van der Waals surface area contributed by atoms with Crippen molar-refractivity contribution in [3.05, 3.63) is 0 Å². The summed E-state index contributed by atoms with van der Waals surface area (Å²) in [7, 11) is -0.892. The molecule has 0 fully saturated rings. The zero-order valence-corrected chi connectivity index (χ0v) is 9.66. The highest BCUT2D eigenvalue weighted by Gasteiger charge is 2.24. The minimum absolute atomic E-state index is 0.0724. The monoisotopic (exact) mass is 238 g/mol. The lowest BCUT2D eigenvalue weighted by Gasteiger charge is -2.11. The van der Waals surface area contributed by atoms with Crippen molar-refractivity contribution < 1.29 is 28.3 Å². The molecular formula is C8H15O6P. The summed E-state index contributed by atoms with van der Waals surface area (Å²) in [5.41, 5.74) is 0. The molecule has 0 saturated carbocycles. The van der Waals surface area contributed by atoms with Gasteiger partial charge < -0.3 is 14.2 Å². The second-order valence-corrected chi connectivity index (χ2v) is 5.19. The number of carboxylic acid groups (broad SMARTS) is 1. The third kappa shape index (κ3) is 6.38. The highest BCUT2D eigenvalue weighted by molar-refractivity contribution is 7.54. The summed E-state index contributed by atoms with van der Waals surface area (Å²) in [4.78, 5) is 21.4. The molecule has 0 bridgehead atoms. The first-order chi connectivity index (χ1) is 6.93. The van der Waals surface area contributed by atoms with Crippen molar-refractivity contribution in [2.45, 2.75) is 19.3 Å². The number of hydrogen-bond acceptors (Lipinski definition) is 5. The third-order valence-electron chi connectivity index (χ3n) is 1.77. The summed E-state index contributed by atoms with van der Waals surface area (Å²) in [6.45, 7) is 0. The Balaban J connectivity index is 3.93. The Morgan fingerprint density at radius 3 is 2.13 bits per heavy atom. The molecule has 0 aromatic heterocycles. The molecular weight excluding hydrogens is 223 g/mol. The van der Waals surface area contributed by atoms with E-state index >= 15 is 0 Å². The summed E-state index contributed by atoms with van der Waals surface area (Å²) in [6, 6.07) is 0. The Labute approximate surface area is 88.1 Å². The number of hydrogen-bond donors (Lipinski definition) is 1. The van der Waals surface area contributed by atoms with Gasteiger partial charge >= 0.3 is 13.6 Å². The lowest BCUT2D eigenvalue weighted by Crippen LogP contribution is -2.08. The van der Waals surface area contributed by atoms with Gasteiger partial charge in [0, 0.05) is 27.1 Å². The minimum Gasteiger partial charge on any atom is -0.481 e. The fourth-order valence-corrected chi connectivity index (χ4v) is 1.93. The van der Waals surface area contributed by atoms with Crippen molar-refractivity contribution in [3.8, 4) is 0 Å². The van der Waals surface area contributed by atoms with Crippen molar-refractivity contribution in [1.29, 1.82) is 0 Å². The SMILES string of the molecule is COP(=O)(CC(=O)CCCC(=O)O)OC. The Hall–Kier alpha value is -0.710. The predicted octanol–water partition coefficient (Wildman–Crippen LogP) is 1.30. The van der Waals surface area contributed by atoms with Gasteiger partial charge in [-0.15, -0.1) is 0 Å². The van der Waals surface area contributed by atoms with E-state index in [4.69, 9.17) is 5.11 Å². The molecule has 0 aromatic rings. The summed E-state index contributed by atoms with van der Waals surface area (Å²) in [6.07, 6.45) is -0.0692. The van der Waals surface area contributed by atoms with Crippen LogP contribution in [0.2, 0.25) is 0 Å². The number of ketones is 1. The van der Waals surface area contributed by atoms with Crippen LogP contribution in [0, 0.1) is 0 Å². The average Bonchev–Trinajstić information content (AvgIpc) is 2.17. The number of Topliss-reactive ketones (excluding diaryl/α,β-unsaturated/α-hetero) is 1. The zero-order chi connectivity index (χ0) is 11.9. The maximum absolute atomic E-state index is 11.5. The van der Waals surface area contributed by atoms with E-state index in [2.05, 4.69) is 9.05 Å².